The second-order valence-corrected chi connectivity index (χ2v) is 3.39. The first-order valence-electron chi connectivity index (χ1n) is 3.86. The van der Waals surface area contributed by atoms with E-state index >= 15 is 0 Å². The van der Waals surface area contributed by atoms with E-state index < -0.39 is 0 Å². The normalized spacial score (nSPS) is 10.3. The highest BCUT2D eigenvalue weighted by atomic mass is 32.1. The Balaban J connectivity index is 2.46. The number of nitrogens with zero attached hydrogens (tertiary/aromatic N) is 4. The molecule has 2 aromatic heterocycles. The minimum atomic E-state index is 0.755. The second-order valence-electron chi connectivity index (χ2n) is 2.64. The molecule has 0 amide bonds. The van der Waals surface area contributed by atoms with Gasteiger partial charge in [0.05, 0.1) is 0 Å². The molecule has 0 N–H and O–H groups in total. The van der Waals surface area contributed by atoms with Crippen LogP contribution in [-0.4, -0.2) is 19.3 Å². The van der Waals surface area contributed by atoms with Gasteiger partial charge in [-0.05, 0) is 31.4 Å². The SMILES string of the molecule is Cc1nccc(-c2nc(C)ns2)n1. The first kappa shape index (κ1) is 8.25. The number of hydrogen-bond acceptors (Lipinski definition) is 5. The van der Waals surface area contributed by atoms with Crippen LogP contribution in [0.25, 0.3) is 10.7 Å². The Labute approximate surface area is 79.9 Å². The average molecular weight is 192 g/mol. The zero-order valence-corrected chi connectivity index (χ0v) is 8.17. The van der Waals surface area contributed by atoms with Crippen LogP contribution in [0.2, 0.25) is 0 Å². The molecule has 4 nitrogen and oxygen atoms in total. The standard InChI is InChI=1S/C8H8N4S/c1-5-9-4-3-7(10-5)8-11-6(2)12-13-8/h3-4H,1-2H3. The third kappa shape index (κ3) is 1.70. The van der Waals surface area contributed by atoms with E-state index in [0.29, 0.717) is 0 Å². The van der Waals surface area contributed by atoms with Gasteiger partial charge in [-0.2, -0.15) is 4.37 Å². The monoisotopic (exact) mass is 192 g/mol. The zero-order valence-electron chi connectivity index (χ0n) is 7.35. The van der Waals surface area contributed by atoms with Gasteiger partial charge < -0.3 is 0 Å². The van der Waals surface area contributed by atoms with Crippen LogP contribution in [0.15, 0.2) is 12.3 Å². The van der Waals surface area contributed by atoms with Crippen LogP contribution in [0.4, 0.5) is 0 Å². The third-order valence-electron chi connectivity index (χ3n) is 1.52. The van der Waals surface area contributed by atoms with Crippen LogP contribution < -0.4 is 0 Å². The Morgan fingerprint density at radius 1 is 1.15 bits per heavy atom. The summed E-state index contributed by atoms with van der Waals surface area (Å²) in [7, 11) is 0. The summed E-state index contributed by atoms with van der Waals surface area (Å²) >= 11 is 1.36. The molecule has 13 heavy (non-hydrogen) atoms. The molecule has 0 bridgehead atoms. The van der Waals surface area contributed by atoms with E-state index in [4.69, 9.17) is 0 Å². The fourth-order valence-electron chi connectivity index (χ4n) is 0.976. The topological polar surface area (TPSA) is 51.6 Å². The summed E-state index contributed by atoms with van der Waals surface area (Å²) in [6.45, 7) is 3.73. The average Bonchev–Trinajstić information content (AvgIpc) is 2.52. The maximum Gasteiger partial charge on any atom is 0.162 e. The highest BCUT2D eigenvalue weighted by Gasteiger charge is 2.04. The van der Waals surface area contributed by atoms with E-state index in [1.165, 1.54) is 11.5 Å². The summed E-state index contributed by atoms with van der Waals surface area (Å²) in [6.07, 6.45) is 1.73. The molecular weight excluding hydrogens is 184 g/mol. The Bertz CT molecular complexity index is 424. The Kier molecular flexibility index (Phi) is 2.02. The molecule has 2 rings (SSSR count). The minimum absolute atomic E-state index is 0.755. The lowest BCUT2D eigenvalue weighted by Gasteiger charge is -1.94. The fourth-order valence-corrected chi connectivity index (χ4v) is 1.62. The lowest BCUT2D eigenvalue weighted by molar-refractivity contribution is 1.05. The van der Waals surface area contributed by atoms with Crippen LogP contribution >= 0.6 is 11.5 Å². The molecule has 0 aromatic carbocycles. The third-order valence-corrected chi connectivity index (χ3v) is 2.35. The summed E-state index contributed by atoms with van der Waals surface area (Å²) in [5.74, 6) is 1.54. The quantitative estimate of drug-likeness (QED) is 0.688. The Morgan fingerprint density at radius 3 is 2.62 bits per heavy atom. The molecule has 0 fully saturated rings. The first-order valence-corrected chi connectivity index (χ1v) is 4.63. The van der Waals surface area contributed by atoms with E-state index in [0.717, 1.165) is 22.4 Å². The Hall–Kier alpha value is -1.36. The number of rotatable bonds is 1. The van der Waals surface area contributed by atoms with Crippen molar-refractivity contribution < 1.29 is 0 Å². The molecule has 0 atom stereocenters. The van der Waals surface area contributed by atoms with E-state index in [2.05, 4.69) is 19.3 Å². The van der Waals surface area contributed by atoms with Crippen molar-refractivity contribution in [3.63, 3.8) is 0 Å². The van der Waals surface area contributed by atoms with Crippen LogP contribution in [0, 0.1) is 13.8 Å². The largest absolute Gasteiger partial charge is 0.242 e. The lowest BCUT2D eigenvalue weighted by Crippen LogP contribution is -1.88. The van der Waals surface area contributed by atoms with Gasteiger partial charge in [-0.25, -0.2) is 15.0 Å². The van der Waals surface area contributed by atoms with Gasteiger partial charge in [-0.15, -0.1) is 0 Å². The fraction of sp³-hybridized carbons (Fsp3) is 0.250. The molecule has 0 saturated heterocycles. The van der Waals surface area contributed by atoms with Crippen LogP contribution in [0.3, 0.4) is 0 Å². The molecule has 0 aliphatic rings. The molecule has 0 spiro atoms. The molecule has 0 aliphatic heterocycles. The van der Waals surface area contributed by atoms with Crippen molar-refractivity contribution in [3.05, 3.63) is 23.9 Å². The summed E-state index contributed by atoms with van der Waals surface area (Å²) in [4.78, 5) is 12.5. The van der Waals surface area contributed by atoms with Crippen molar-refractivity contribution >= 4 is 11.5 Å². The van der Waals surface area contributed by atoms with Gasteiger partial charge in [0.25, 0.3) is 0 Å². The predicted molar refractivity (Wildman–Crippen MR) is 50.4 cm³/mol. The number of aryl methyl sites for hydroxylation is 2. The molecule has 2 heterocycles. The first-order chi connectivity index (χ1) is 6.25. The number of aromatic nitrogens is 4. The van der Waals surface area contributed by atoms with E-state index in [1.807, 2.05) is 19.9 Å². The smallest absolute Gasteiger partial charge is 0.162 e. The molecule has 0 saturated carbocycles. The van der Waals surface area contributed by atoms with Gasteiger partial charge in [0.2, 0.25) is 0 Å². The molecule has 0 aliphatic carbocycles. The van der Waals surface area contributed by atoms with Crippen LogP contribution in [0.5, 0.6) is 0 Å². The van der Waals surface area contributed by atoms with Gasteiger partial charge in [0.15, 0.2) is 5.01 Å². The molecule has 5 heteroatoms. The second kappa shape index (κ2) is 3.18. The highest BCUT2D eigenvalue weighted by Crippen LogP contribution is 2.17. The van der Waals surface area contributed by atoms with Crippen molar-refractivity contribution in [2.75, 3.05) is 0 Å². The van der Waals surface area contributed by atoms with E-state index in [1.54, 1.807) is 6.20 Å². The summed E-state index contributed by atoms with van der Waals surface area (Å²) < 4.78 is 4.09. The van der Waals surface area contributed by atoms with Crippen molar-refractivity contribution in [1.82, 2.24) is 19.3 Å². The lowest BCUT2D eigenvalue weighted by atomic mass is 10.4. The summed E-state index contributed by atoms with van der Waals surface area (Å²) in [5, 5.41) is 0.850. The molecular formula is C8H8N4S. The van der Waals surface area contributed by atoms with E-state index in [9.17, 15) is 0 Å². The van der Waals surface area contributed by atoms with Crippen molar-refractivity contribution in [2.45, 2.75) is 13.8 Å². The maximum absolute atomic E-state index is 4.25. The van der Waals surface area contributed by atoms with Crippen LogP contribution in [-0.2, 0) is 0 Å². The van der Waals surface area contributed by atoms with Gasteiger partial charge in [0, 0.05) is 6.20 Å². The molecule has 0 radical (unpaired) electrons. The van der Waals surface area contributed by atoms with Crippen molar-refractivity contribution in [2.24, 2.45) is 0 Å². The molecule has 66 valence electrons. The van der Waals surface area contributed by atoms with Crippen molar-refractivity contribution in [3.8, 4) is 10.7 Å². The predicted octanol–water partition coefficient (Wildman–Crippen LogP) is 1.61. The van der Waals surface area contributed by atoms with Gasteiger partial charge in [-0.3, -0.25) is 0 Å². The van der Waals surface area contributed by atoms with Crippen molar-refractivity contribution in [1.29, 1.82) is 0 Å². The van der Waals surface area contributed by atoms with Crippen LogP contribution in [0.1, 0.15) is 11.6 Å². The summed E-state index contributed by atoms with van der Waals surface area (Å²) in [5.41, 5.74) is 0.845. The molecule has 2 aromatic rings. The Morgan fingerprint density at radius 2 is 2.00 bits per heavy atom. The summed E-state index contributed by atoms with van der Waals surface area (Å²) in [6, 6.07) is 1.84. The zero-order chi connectivity index (χ0) is 9.26. The van der Waals surface area contributed by atoms with Gasteiger partial charge in [-0.1, -0.05) is 0 Å². The van der Waals surface area contributed by atoms with E-state index in [-0.39, 0.29) is 0 Å². The van der Waals surface area contributed by atoms with Gasteiger partial charge >= 0.3 is 0 Å². The number of hydrogen-bond donors (Lipinski definition) is 0. The highest BCUT2D eigenvalue weighted by molar-refractivity contribution is 7.09. The maximum atomic E-state index is 4.25. The minimum Gasteiger partial charge on any atom is -0.242 e. The van der Waals surface area contributed by atoms with Gasteiger partial charge in [0.1, 0.15) is 17.3 Å². The molecule has 0 unspecified atom stereocenters.